The number of hydrogen-bond acceptors (Lipinski definition) is 1. The maximum atomic E-state index is 12.2. The fraction of sp³-hybridized carbons (Fsp3) is 0.125. The number of nitrogens with one attached hydrogen (secondary N) is 1. The van der Waals surface area contributed by atoms with Crippen molar-refractivity contribution in [3.05, 3.63) is 29.8 Å². The molecule has 14 heavy (non-hydrogen) atoms. The van der Waals surface area contributed by atoms with Gasteiger partial charge in [0, 0.05) is 5.69 Å². The molecule has 0 bridgehead atoms. The summed E-state index contributed by atoms with van der Waals surface area (Å²) in [7, 11) is 0. The normalized spacial score (nSPS) is 11.1. The van der Waals surface area contributed by atoms with Crippen molar-refractivity contribution in [2.24, 2.45) is 0 Å². The van der Waals surface area contributed by atoms with Crippen molar-refractivity contribution < 1.29 is 13.2 Å². The molecular weight excluding hydrogens is 235 g/mol. The molecule has 1 nitrogen and oxygen atoms in total. The molecule has 0 spiro atoms. The average Bonchev–Trinajstić information content (AvgIpc) is 2.01. The summed E-state index contributed by atoms with van der Waals surface area (Å²) in [5.41, 5.74) is -0.518. The zero-order valence-electron chi connectivity index (χ0n) is 6.73. The Balaban J connectivity index is 2.95. The Labute approximate surface area is 88.9 Å². The van der Waals surface area contributed by atoms with Crippen LogP contribution in [-0.4, -0.2) is 4.45 Å². The number of thiocarbonyl (C=S) groups is 1. The molecule has 0 aromatic heterocycles. The molecule has 0 atom stereocenters. The van der Waals surface area contributed by atoms with E-state index in [1.807, 2.05) is 0 Å². The van der Waals surface area contributed by atoms with Crippen LogP contribution in [0, 0.1) is 0 Å². The van der Waals surface area contributed by atoms with Crippen LogP contribution in [0.5, 0.6) is 0 Å². The molecule has 0 saturated heterocycles. The van der Waals surface area contributed by atoms with Crippen LogP contribution in [0.3, 0.4) is 0 Å². The van der Waals surface area contributed by atoms with Crippen LogP contribution in [0.2, 0.25) is 0 Å². The average molecular weight is 240 g/mol. The highest BCUT2D eigenvalue weighted by Crippen LogP contribution is 2.30. The minimum atomic E-state index is -4.36. The standard InChI is InChI=1S/C8H5ClF3NS/c9-7(14)13-6-3-1-2-5(4-6)8(10,11)12/h1-4H,(H,13,14). The van der Waals surface area contributed by atoms with E-state index in [1.165, 1.54) is 12.1 Å². The molecule has 0 fully saturated rings. The van der Waals surface area contributed by atoms with Crippen molar-refractivity contribution in [1.29, 1.82) is 0 Å². The van der Waals surface area contributed by atoms with Crippen molar-refractivity contribution in [2.75, 3.05) is 5.32 Å². The van der Waals surface area contributed by atoms with E-state index < -0.39 is 11.7 Å². The van der Waals surface area contributed by atoms with E-state index in [0.29, 0.717) is 0 Å². The first kappa shape index (κ1) is 11.3. The smallest absolute Gasteiger partial charge is 0.337 e. The van der Waals surface area contributed by atoms with E-state index in [0.717, 1.165) is 12.1 Å². The Morgan fingerprint density at radius 3 is 2.50 bits per heavy atom. The maximum Gasteiger partial charge on any atom is 0.416 e. The number of benzene rings is 1. The lowest BCUT2D eigenvalue weighted by Crippen LogP contribution is -2.07. The van der Waals surface area contributed by atoms with Gasteiger partial charge in [-0.1, -0.05) is 17.7 Å². The number of alkyl halides is 3. The van der Waals surface area contributed by atoms with E-state index >= 15 is 0 Å². The van der Waals surface area contributed by atoms with E-state index in [2.05, 4.69) is 17.5 Å². The van der Waals surface area contributed by atoms with Crippen molar-refractivity contribution in [3.8, 4) is 0 Å². The fourth-order valence-corrected chi connectivity index (χ4v) is 1.11. The number of halogens is 4. The third-order valence-corrected chi connectivity index (χ3v) is 1.63. The number of rotatable bonds is 1. The second kappa shape index (κ2) is 4.14. The van der Waals surface area contributed by atoms with Crippen LogP contribution in [-0.2, 0) is 6.18 Å². The molecule has 6 heteroatoms. The summed E-state index contributed by atoms with van der Waals surface area (Å²) in [6.45, 7) is 0. The molecule has 0 heterocycles. The van der Waals surface area contributed by atoms with Crippen LogP contribution in [0.4, 0.5) is 18.9 Å². The summed E-state index contributed by atoms with van der Waals surface area (Å²) in [6.07, 6.45) is -4.36. The highest BCUT2D eigenvalue weighted by molar-refractivity contribution is 7.83. The first-order valence-electron chi connectivity index (χ1n) is 3.53. The largest absolute Gasteiger partial charge is 0.416 e. The van der Waals surface area contributed by atoms with Crippen LogP contribution >= 0.6 is 23.8 Å². The fourth-order valence-electron chi connectivity index (χ4n) is 0.887. The topological polar surface area (TPSA) is 12.0 Å². The molecule has 0 aliphatic carbocycles. The van der Waals surface area contributed by atoms with Gasteiger partial charge in [0.2, 0.25) is 0 Å². The highest BCUT2D eigenvalue weighted by Gasteiger charge is 2.30. The molecule has 0 aliphatic heterocycles. The Morgan fingerprint density at radius 1 is 1.36 bits per heavy atom. The van der Waals surface area contributed by atoms with Crippen LogP contribution in [0.1, 0.15) is 5.56 Å². The van der Waals surface area contributed by atoms with Gasteiger partial charge in [0.25, 0.3) is 0 Å². The molecule has 0 radical (unpaired) electrons. The van der Waals surface area contributed by atoms with Crippen molar-refractivity contribution in [3.63, 3.8) is 0 Å². The maximum absolute atomic E-state index is 12.2. The number of hydrogen-bond donors (Lipinski definition) is 1. The second-order valence-corrected chi connectivity index (χ2v) is 3.49. The molecule has 0 aliphatic rings. The summed E-state index contributed by atoms with van der Waals surface area (Å²) in [4.78, 5) is 0. The molecule has 1 aromatic rings. The van der Waals surface area contributed by atoms with Crippen LogP contribution in [0.15, 0.2) is 24.3 Å². The molecule has 1 aromatic carbocycles. The van der Waals surface area contributed by atoms with Crippen LogP contribution in [0.25, 0.3) is 0 Å². The highest BCUT2D eigenvalue weighted by atomic mass is 35.5. The van der Waals surface area contributed by atoms with Gasteiger partial charge in [-0.3, -0.25) is 0 Å². The quantitative estimate of drug-likeness (QED) is 0.456. The predicted octanol–water partition coefficient (Wildman–Crippen LogP) is 3.64. The Hall–Kier alpha value is -0.810. The second-order valence-electron chi connectivity index (χ2n) is 2.48. The van der Waals surface area contributed by atoms with Gasteiger partial charge in [-0.2, -0.15) is 13.2 Å². The van der Waals surface area contributed by atoms with Crippen molar-refractivity contribution in [2.45, 2.75) is 6.18 Å². The summed E-state index contributed by atoms with van der Waals surface area (Å²) in [5.74, 6) is 0. The minimum Gasteiger partial charge on any atom is -0.337 e. The molecule has 0 amide bonds. The van der Waals surface area contributed by atoms with Gasteiger partial charge in [-0.25, -0.2) is 0 Å². The Kier molecular flexibility index (Phi) is 3.34. The van der Waals surface area contributed by atoms with Gasteiger partial charge in [0.1, 0.15) is 0 Å². The first-order valence-corrected chi connectivity index (χ1v) is 4.32. The molecule has 76 valence electrons. The van der Waals surface area contributed by atoms with Gasteiger partial charge in [0.05, 0.1) is 5.56 Å². The lowest BCUT2D eigenvalue weighted by Gasteiger charge is -2.08. The summed E-state index contributed by atoms with van der Waals surface area (Å²) >= 11 is 9.81. The van der Waals surface area contributed by atoms with Gasteiger partial charge in [-0.15, -0.1) is 0 Å². The van der Waals surface area contributed by atoms with Crippen molar-refractivity contribution in [1.82, 2.24) is 0 Å². The third kappa shape index (κ3) is 3.16. The zero-order chi connectivity index (χ0) is 10.8. The SMILES string of the molecule is FC(F)(F)c1cccc(NC(=S)Cl)c1. The molecule has 1 N–H and O–H groups in total. The van der Waals surface area contributed by atoms with Gasteiger partial charge < -0.3 is 5.32 Å². The van der Waals surface area contributed by atoms with E-state index in [4.69, 9.17) is 11.6 Å². The summed E-state index contributed by atoms with van der Waals surface area (Å²) in [5, 5.41) is 2.41. The van der Waals surface area contributed by atoms with Gasteiger partial charge in [-0.05, 0) is 30.4 Å². The third-order valence-electron chi connectivity index (χ3n) is 1.43. The van der Waals surface area contributed by atoms with Crippen LogP contribution < -0.4 is 5.32 Å². The molecular formula is C8H5ClF3NS. The minimum absolute atomic E-state index is 0.0932. The summed E-state index contributed by atoms with van der Waals surface area (Å²) in [6, 6.07) is 4.64. The molecule has 0 unspecified atom stereocenters. The monoisotopic (exact) mass is 239 g/mol. The zero-order valence-corrected chi connectivity index (χ0v) is 8.30. The van der Waals surface area contributed by atoms with E-state index in [9.17, 15) is 13.2 Å². The van der Waals surface area contributed by atoms with Crippen molar-refractivity contribution >= 4 is 34.0 Å². The predicted molar refractivity (Wildman–Crippen MR) is 53.5 cm³/mol. The Morgan fingerprint density at radius 2 is 2.00 bits per heavy atom. The lowest BCUT2D eigenvalue weighted by molar-refractivity contribution is -0.137. The van der Waals surface area contributed by atoms with E-state index in [1.54, 1.807) is 0 Å². The van der Waals surface area contributed by atoms with Gasteiger partial charge >= 0.3 is 6.18 Å². The lowest BCUT2D eigenvalue weighted by atomic mass is 10.2. The summed E-state index contributed by atoms with van der Waals surface area (Å²) < 4.78 is 36.5. The van der Waals surface area contributed by atoms with E-state index in [-0.39, 0.29) is 10.1 Å². The molecule has 0 saturated carbocycles. The Bertz CT molecular complexity index is 351. The first-order chi connectivity index (χ1) is 6.39. The number of anilines is 1. The molecule has 1 rings (SSSR count). The van der Waals surface area contributed by atoms with Gasteiger partial charge in [0.15, 0.2) is 4.45 Å².